The molecule has 0 aliphatic heterocycles. The fraction of sp³-hybridized carbons (Fsp3) is 0.333. The van der Waals surface area contributed by atoms with Gasteiger partial charge in [-0.3, -0.25) is 0 Å². The summed E-state index contributed by atoms with van der Waals surface area (Å²) in [7, 11) is 0. The van der Waals surface area contributed by atoms with Crippen molar-refractivity contribution < 1.29 is 9.58 Å². The number of hydrogen-bond donors (Lipinski definition) is 0. The quantitative estimate of drug-likeness (QED) is 0.477. The van der Waals surface area contributed by atoms with Gasteiger partial charge in [0.2, 0.25) is 0 Å². The summed E-state index contributed by atoms with van der Waals surface area (Å²) in [5.74, 6) is 2.07. The van der Waals surface area contributed by atoms with Crippen molar-refractivity contribution in [3.63, 3.8) is 0 Å². The minimum atomic E-state index is 0.122. The molecule has 1 unspecified atom stereocenters. The lowest BCUT2D eigenvalue weighted by Crippen LogP contribution is -2.33. The van der Waals surface area contributed by atoms with Crippen LogP contribution in [-0.2, 0) is 6.42 Å². The van der Waals surface area contributed by atoms with Gasteiger partial charge in [-0.05, 0) is 53.3 Å². The van der Waals surface area contributed by atoms with Crippen LogP contribution in [0.25, 0.3) is 0 Å². The Balaban J connectivity index is 1.80. The van der Waals surface area contributed by atoms with Crippen molar-refractivity contribution in [3.05, 3.63) is 51.8 Å². The summed E-state index contributed by atoms with van der Waals surface area (Å²) in [5, 5.41) is 15.4. The van der Waals surface area contributed by atoms with E-state index < -0.39 is 0 Å². The smallest absolute Gasteiger partial charge is 0.411 e. The summed E-state index contributed by atoms with van der Waals surface area (Å²) in [6.07, 6.45) is 3.06. The first-order valence-electron chi connectivity index (χ1n) is 6.81. The van der Waals surface area contributed by atoms with Gasteiger partial charge in [-0.15, -0.1) is 11.6 Å². The van der Waals surface area contributed by atoms with Crippen LogP contribution in [0.5, 0.6) is 11.6 Å². The molecule has 1 heterocycles. The molecule has 0 saturated heterocycles. The molecule has 0 spiro atoms. The normalized spacial score (nSPS) is 16.2. The number of alkyl halides is 1. The van der Waals surface area contributed by atoms with Crippen LogP contribution in [0.1, 0.15) is 29.9 Å². The van der Waals surface area contributed by atoms with E-state index in [2.05, 4.69) is 11.2 Å². The third kappa shape index (κ3) is 2.92. The minimum absolute atomic E-state index is 0.122. The molecule has 4 nitrogen and oxygen atoms in total. The largest absolute Gasteiger partial charge is 0.591 e. The van der Waals surface area contributed by atoms with E-state index in [4.69, 9.17) is 27.9 Å². The summed E-state index contributed by atoms with van der Waals surface area (Å²) in [5.41, 5.74) is 2.45. The molecule has 0 bridgehead atoms. The highest BCUT2D eigenvalue weighted by molar-refractivity contribution is 6.29. The molecule has 1 aromatic carbocycles. The monoisotopic (exact) mass is 324 g/mol. The van der Waals surface area contributed by atoms with Crippen LogP contribution in [0.15, 0.2) is 30.3 Å². The number of benzene rings is 1. The topological polar surface area (TPSA) is 49.1 Å². The second kappa shape index (κ2) is 6.08. The lowest BCUT2D eigenvalue weighted by Gasteiger charge is -2.31. The van der Waals surface area contributed by atoms with E-state index >= 15 is 0 Å². The van der Waals surface area contributed by atoms with Crippen molar-refractivity contribution in [2.45, 2.75) is 25.2 Å². The second-order valence-corrected chi connectivity index (χ2v) is 5.79. The first kappa shape index (κ1) is 14.4. The zero-order chi connectivity index (χ0) is 14.8. The number of aromatic nitrogens is 2. The molecule has 0 radical (unpaired) electrons. The summed E-state index contributed by atoms with van der Waals surface area (Å²) in [6, 6.07) is 8.97. The Kier molecular flexibility index (Phi) is 4.17. The van der Waals surface area contributed by atoms with Crippen LogP contribution < -0.4 is 9.58 Å². The van der Waals surface area contributed by atoms with Crippen molar-refractivity contribution >= 4 is 23.2 Å². The number of ether oxygens (including phenoxy) is 1. The highest BCUT2D eigenvalue weighted by atomic mass is 35.5. The van der Waals surface area contributed by atoms with Crippen molar-refractivity contribution in [3.8, 4) is 11.6 Å². The maximum absolute atomic E-state index is 11.6. The molecular formula is C15H14Cl2N2O2. The first-order chi connectivity index (χ1) is 10.2. The fourth-order valence-electron chi connectivity index (χ4n) is 2.64. The van der Waals surface area contributed by atoms with Crippen molar-refractivity contribution in [2.24, 2.45) is 0 Å². The molecule has 1 atom stereocenters. The molecule has 0 saturated carbocycles. The third-order valence-corrected chi connectivity index (χ3v) is 4.17. The van der Waals surface area contributed by atoms with Crippen LogP contribution >= 0.6 is 23.2 Å². The van der Waals surface area contributed by atoms with Gasteiger partial charge < -0.3 is 9.94 Å². The standard InChI is InChI=1S/C15H14Cl2N2O2/c16-8-2-3-10-9-12-11(10)4-1-5-13(12)21-15-7-6-14(17)18-19(15)20/h1,4-7,10H,2-3,8-9H2. The molecule has 110 valence electrons. The Morgan fingerprint density at radius 2 is 2.19 bits per heavy atom. The SMILES string of the molecule is [O-][n+]1nc(Cl)ccc1Oc1cccc2c1CC2CCCCl. The van der Waals surface area contributed by atoms with Crippen LogP contribution in [0.4, 0.5) is 0 Å². The number of fused-ring (bicyclic) bond motifs is 1. The zero-order valence-corrected chi connectivity index (χ0v) is 12.8. The van der Waals surface area contributed by atoms with E-state index in [-0.39, 0.29) is 11.0 Å². The van der Waals surface area contributed by atoms with Gasteiger partial charge in [-0.1, -0.05) is 23.7 Å². The number of halogens is 2. The molecular weight excluding hydrogens is 311 g/mol. The average Bonchev–Trinajstić information content (AvgIpc) is 2.44. The molecule has 0 N–H and O–H groups in total. The Morgan fingerprint density at radius 3 is 2.95 bits per heavy atom. The summed E-state index contributed by atoms with van der Waals surface area (Å²) in [4.78, 5) is 0.394. The van der Waals surface area contributed by atoms with E-state index in [9.17, 15) is 5.21 Å². The first-order valence-corrected chi connectivity index (χ1v) is 7.72. The molecule has 1 aliphatic rings. The molecule has 1 aromatic heterocycles. The van der Waals surface area contributed by atoms with Gasteiger partial charge in [0.05, 0.1) is 6.07 Å². The lowest BCUT2D eigenvalue weighted by atomic mass is 9.75. The summed E-state index contributed by atoms with van der Waals surface area (Å²) < 4.78 is 5.68. The van der Waals surface area contributed by atoms with Crippen LogP contribution in [0.3, 0.4) is 0 Å². The average molecular weight is 325 g/mol. The van der Waals surface area contributed by atoms with E-state index in [1.54, 1.807) is 0 Å². The Hall–Kier alpha value is -1.52. The predicted molar refractivity (Wildman–Crippen MR) is 81.1 cm³/mol. The van der Waals surface area contributed by atoms with E-state index in [1.807, 2.05) is 12.1 Å². The Morgan fingerprint density at radius 1 is 1.33 bits per heavy atom. The predicted octanol–water partition coefficient (Wildman–Crippen LogP) is 3.82. The number of hydrogen-bond acceptors (Lipinski definition) is 3. The zero-order valence-electron chi connectivity index (χ0n) is 11.3. The van der Waals surface area contributed by atoms with Gasteiger partial charge in [0.25, 0.3) is 0 Å². The highest BCUT2D eigenvalue weighted by Gasteiger charge is 2.29. The fourth-order valence-corrected chi connectivity index (χ4v) is 2.93. The molecule has 2 aromatic rings. The lowest BCUT2D eigenvalue weighted by molar-refractivity contribution is -0.673. The van der Waals surface area contributed by atoms with Gasteiger partial charge >= 0.3 is 5.88 Å². The molecule has 6 heteroatoms. The Bertz CT molecular complexity index is 664. The number of rotatable bonds is 5. The van der Waals surface area contributed by atoms with Gasteiger partial charge in [0, 0.05) is 11.0 Å². The highest BCUT2D eigenvalue weighted by Crippen LogP contribution is 2.44. The summed E-state index contributed by atoms with van der Waals surface area (Å²) in [6.45, 7) is 0. The van der Waals surface area contributed by atoms with E-state index in [0.29, 0.717) is 22.4 Å². The molecule has 0 amide bonds. The van der Waals surface area contributed by atoms with Crippen LogP contribution in [0, 0.1) is 5.21 Å². The van der Waals surface area contributed by atoms with Crippen molar-refractivity contribution in [1.82, 2.24) is 5.10 Å². The summed E-state index contributed by atoms with van der Waals surface area (Å²) >= 11 is 11.4. The third-order valence-electron chi connectivity index (χ3n) is 3.70. The van der Waals surface area contributed by atoms with E-state index in [1.165, 1.54) is 17.7 Å². The van der Waals surface area contributed by atoms with Crippen molar-refractivity contribution in [2.75, 3.05) is 5.88 Å². The molecule has 21 heavy (non-hydrogen) atoms. The molecule has 0 fully saturated rings. The van der Waals surface area contributed by atoms with E-state index in [0.717, 1.165) is 24.8 Å². The van der Waals surface area contributed by atoms with Crippen LogP contribution in [0.2, 0.25) is 5.15 Å². The Labute approximate surface area is 132 Å². The van der Waals surface area contributed by atoms with Crippen LogP contribution in [-0.4, -0.2) is 11.0 Å². The number of nitrogens with zero attached hydrogens (tertiary/aromatic N) is 2. The second-order valence-electron chi connectivity index (χ2n) is 5.03. The van der Waals surface area contributed by atoms with Gasteiger partial charge in [-0.25, -0.2) is 0 Å². The van der Waals surface area contributed by atoms with Gasteiger partial charge in [0.1, 0.15) is 5.75 Å². The maximum atomic E-state index is 11.6. The van der Waals surface area contributed by atoms with Gasteiger partial charge in [0.15, 0.2) is 5.15 Å². The van der Waals surface area contributed by atoms with Crippen molar-refractivity contribution in [1.29, 1.82) is 0 Å². The maximum Gasteiger partial charge on any atom is 0.411 e. The molecule has 1 aliphatic carbocycles. The molecule has 3 rings (SSSR count). The van der Waals surface area contributed by atoms with Gasteiger partial charge in [-0.2, -0.15) is 0 Å². The minimum Gasteiger partial charge on any atom is -0.591 e.